The number of rotatable bonds is 4. The number of aliphatic hydroxyl groups is 1. The summed E-state index contributed by atoms with van der Waals surface area (Å²) in [4.78, 5) is 6.67. The zero-order valence-corrected chi connectivity index (χ0v) is 11.1. The van der Waals surface area contributed by atoms with Gasteiger partial charge in [-0.25, -0.2) is 4.98 Å². The Bertz CT molecular complexity index is 399. The summed E-state index contributed by atoms with van der Waals surface area (Å²) in [7, 11) is 3.40. The van der Waals surface area contributed by atoms with E-state index in [0.717, 1.165) is 30.2 Å². The van der Waals surface area contributed by atoms with Crippen molar-refractivity contribution in [1.82, 2.24) is 4.98 Å². The summed E-state index contributed by atoms with van der Waals surface area (Å²) in [5, 5.41) is 9.14. The van der Waals surface area contributed by atoms with E-state index in [4.69, 9.17) is 14.6 Å². The molecule has 2 unspecified atom stereocenters. The van der Waals surface area contributed by atoms with Gasteiger partial charge in [-0.15, -0.1) is 0 Å². The van der Waals surface area contributed by atoms with Crippen molar-refractivity contribution in [2.24, 2.45) is 0 Å². The van der Waals surface area contributed by atoms with E-state index in [1.165, 1.54) is 0 Å². The number of pyridine rings is 1. The molecule has 1 saturated heterocycles. The molecule has 0 radical (unpaired) electrons. The molecule has 0 amide bonds. The number of aromatic nitrogens is 1. The summed E-state index contributed by atoms with van der Waals surface area (Å²) in [6.07, 6.45) is 0.157. The van der Waals surface area contributed by atoms with Gasteiger partial charge in [0, 0.05) is 33.0 Å². The molecule has 5 nitrogen and oxygen atoms in total. The first-order valence-corrected chi connectivity index (χ1v) is 6.07. The van der Waals surface area contributed by atoms with E-state index >= 15 is 0 Å². The number of aliphatic hydroxyl groups excluding tert-OH is 1. The van der Waals surface area contributed by atoms with Gasteiger partial charge >= 0.3 is 0 Å². The van der Waals surface area contributed by atoms with Gasteiger partial charge in [0.1, 0.15) is 18.0 Å². The Morgan fingerprint density at radius 2 is 1.89 bits per heavy atom. The normalized spacial score (nSPS) is 23.7. The Hall–Kier alpha value is -1.17. The van der Waals surface area contributed by atoms with Gasteiger partial charge in [0.2, 0.25) is 0 Å². The molecular weight excluding hydrogens is 232 g/mol. The number of methoxy groups -OCH3 is 2. The standard InChI is InChI=1S/C13H20N2O3/c1-9-10(8-16)4-5-13(14-9)15-6-11(17-2)12(7-15)18-3/h4-5,11-12,16H,6-8H2,1-3H3. The third-order valence-electron chi connectivity index (χ3n) is 3.50. The fourth-order valence-corrected chi connectivity index (χ4v) is 2.30. The van der Waals surface area contributed by atoms with Gasteiger partial charge in [0.15, 0.2) is 0 Å². The molecule has 0 aliphatic carbocycles. The van der Waals surface area contributed by atoms with Crippen LogP contribution in [0.25, 0.3) is 0 Å². The van der Waals surface area contributed by atoms with Gasteiger partial charge in [0.05, 0.1) is 6.61 Å². The van der Waals surface area contributed by atoms with Gasteiger partial charge in [-0.2, -0.15) is 0 Å². The minimum atomic E-state index is 0.0283. The number of ether oxygens (including phenoxy) is 2. The van der Waals surface area contributed by atoms with Gasteiger partial charge in [-0.1, -0.05) is 6.07 Å². The van der Waals surface area contributed by atoms with E-state index in [1.807, 2.05) is 19.1 Å². The van der Waals surface area contributed by atoms with Crippen molar-refractivity contribution in [3.05, 3.63) is 23.4 Å². The second kappa shape index (κ2) is 5.65. The molecule has 2 rings (SSSR count). The van der Waals surface area contributed by atoms with E-state index in [1.54, 1.807) is 14.2 Å². The first-order valence-electron chi connectivity index (χ1n) is 6.07. The lowest BCUT2D eigenvalue weighted by Crippen LogP contribution is -2.27. The molecule has 0 spiro atoms. The quantitative estimate of drug-likeness (QED) is 0.856. The average molecular weight is 252 g/mol. The first-order chi connectivity index (χ1) is 8.69. The van der Waals surface area contributed by atoms with Crippen molar-refractivity contribution >= 4 is 5.82 Å². The van der Waals surface area contributed by atoms with Crippen LogP contribution in [0.2, 0.25) is 0 Å². The van der Waals surface area contributed by atoms with Crippen molar-refractivity contribution in [3.8, 4) is 0 Å². The molecule has 1 aliphatic rings. The van der Waals surface area contributed by atoms with Crippen LogP contribution >= 0.6 is 0 Å². The van der Waals surface area contributed by atoms with Crippen LogP contribution in [0, 0.1) is 6.92 Å². The number of hydrogen-bond donors (Lipinski definition) is 1. The third kappa shape index (κ3) is 2.48. The zero-order valence-electron chi connectivity index (χ0n) is 11.1. The Morgan fingerprint density at radius 1 is 1.28 bits per heavy atom. The molecule has 1 aromatic heterocycles. The smallest absolute Gasteiger partial charge is 0.128 e. The second-order valence-corrected chi connectivity index (χ2v) is 4.53. The lowest BCUT2D eigenvalue weighted by atomic mass is 10.2. The minimum absolute atomic E-state index is 0.0283. The molecule has 2 heterocycles. The molecule has 1 aromatic rings. The topological polar surface area (TPSA) is 54.8 Å². The lowest BCUT2D eigenvalue weighted by Gasteiger charge is -2.18. The summed E-state index contributed by atoms with van der Waals surface area (Å²) in [5.74, 6) is 0.909. The summed E-state index contributed by atoms with van der Waals surface area (Å²) in [5.41, 5.74) is 1.73. The van der Waals surface area contributed by atoms with Crippen molar-refractivity contribution in [3.63, 3.8) is 0 Å². The highest BCUT2D eigenvalue weighted by molar-refractivity contribution is 5.43. The van der Waals surface area contributed by atoms with Crippen LogP contribution in [0.5, 0.6) is 0 Å². The summed E-state index contributed by atoms with van der Waals surface area (Å²) in [6, 6.07) is 3.85. The maximum Gasteiger partial charge on any atom is 0.128 e. The number of anilines is 1. The van der Waals surface area contributed by atoms with E-state index in [2.05, 4.69) is 9.88 Å². The third-order valence-corrected chi connectivity index (χ3v) is 3.50. The van der Waals surface area contributed by atoms with Gasteiger partial charge in [-0.3, -0.25) is 0 Å². The van der Waals surface area contributed by atoms with Crippen LogP contribution in [0.4, 0.5) is 5.82 Å². The average Bonchev–Trinajstić information content (AvgIpc) is 2.81. The number of nitrogens with zero attached hydrogens (tertiary/aromatic N) is 2. The van der Waals surface area contributed by atoms with Crippen LogP contribution in [-0.2, 0) is 16.1 Å². The van der Waals surface area contributed by atoms with Crippen LogP contribution < -0.4 is 4.90 Å². The van der Waals surface area contributed by atoms with Crippen molar-refractivity contribution in [2.75, 3.05) is 32.2 Å². The molecule has 1 fully saturated rings. The lowest BCUT2D eigenvalue weighted by molar-refractivity contribution is -0.00461. The monoisotopic (exact) mass is 252 g/mol. The highest BCUT2D eigenvalue weighted by Gasteiger charge is 2.33. The Labute approximate surface area is 107 Å². The van der Waals surface area contributed by atoms with Crippen LogP contribution in [0.1, 0.15) is 11.3 Å². The van der Waals surface area contributed by atoms with Gasteiger partial charge < -0.3 is 19.5 Å². The van der Waals surface area contributed by atoms with Gasteiger partial charge in [-0.05, 0) is 18.6 Å². The number of aryl methyl sites for hydroxylation is 1. The number of hydrogen-bond acceptors (Lipinski definition) is 5. The molecule has 0 aromatic carbocycles. The van der Waals surface area contributed by atoms with E-state index in [9.17, 15) is 0 Å². The maximum absolute atomic E-state index is 9.14. The Balaban J connectivity index is 2.15. The summed E-state index contributed by atoms with van der Waals surface area (Å²) in [6.45, 7) is 3.49. The van der Waals surface area contributed by atoms with Crippen molar-refractivity contribution in [1.29, 1.82) is 0 Å². The molecule has 18 heavy (non-hydrogen) atoms. The molecule has 2 atom stereocenters. The molecule has 0 saturated carbocycles. The van der Waals surface area contributed by atoms with Crippen molar-refractivity contribution in [2.45, 2.75) is 25.7 Å². The second-order valence-electron chi connectivity index (χ2n) is 4.53. The molecule has 0 bridgehead atoms. The van der Waals surface area contributed by atoms with Crippen LogP contribution in [0.3, 0.4) is 0 Å². The molecule has 1 N–H and O–H groups in total. The van der Waals surface area contributed by atoms with Crippen LogP contribution in [0.15, 0.2) is 12.1 Å². The molecule has 1 aliphatic heterocycles. The highest BCUT2D eigenvalue weighted by atomic mass is 16.5. The highest BCUT2D eigenvalue weighted by Crippen LogP contribution is 2.22. The predicted octanol–water partition coefficient (Wildman–Crippen LogP) is 0.732. The van der Waals surface area contributed by atoms with E-state index in [-0.39, 0.29) is 18.8 Å². The minimum Gasteiger partial charge on any atom is -0.392 e. The van der Waals surface area contributed by atoms with E-state index < -0.39 is 0 Å². The van der Waals surface area contributed by atoms with Gasteiger partial charge in [0.25, 0.3) is 0 Å². The summed E-state index contributed by atoms with van der Waals surface area (Å²) >= 11 is 0. The van der Waals surface area contributed by atoms with Crippen molar-refractivity contribution < 1.29 is 14.6 Å². The van der Waals surface area contributed by atoms with Crippen LogP contribution in [-0.4, -0.2) is 49.6 Å². The Morgan fingerprint density at radius 3 is 2.33 bits per heavy atom. The fraction of sp³-hybridized carbons (Fsp3) is 0.615. The largest absolute Gasteiger partial charge is 0.392 e. The van der Waals surface area contributed by atoms with E-state index in [0.29, 0.717) is 0 Å². The Kier molecular flexibility index (Phi) is 4.16. The fourth-order valence-electron chi connectivity index (χ4n) is 2.30. The molecule has 100 valence electrons. The first kappa shape index (κ1) is 13.3. The zero-order chi connectivity index (χ0) is 13.1. The summed E-state index contributed by atoms with van der Waals surface area (Å²) < 4.78 is 10.8. The SMILES string of the molecule is COC1CN(c2ccc(CO)c(C)n2)CC1OC. The predicted molar refractivity (Wildman–Crippen MR) is 68.7 cm³/mol. The molecular formula is C13H20N2O3. The maximum atomic E-state index is 9.14. The molecule has 5 heteroatoms.